The van der Waals surface area contributed by atoms with E-state index < -0.39 is 28.9 Å². The highest BCUT2D eigenvalue weighted by molar-refractivity contribution is 7.91. The van der Waals surface area contributed by atoms with Gasteiger partial charge in [0.2, 0.25) is 10.0 Å². The number of aliphatic hydroxyl groups excluding tert-OH is 1. The van der Waals surface area contributed by atoms with Gasteiger partial charge in [0.05, 0.1) is 28.2 Å². The van der Waals surface area contributed by atoms with E-state index in [4.69, 9.17) is 9.72 Å². The van der Waals surface area contributed by atoms with Crippen LogP contribution in [0.3, 0.4) is 0 Å². The lowest BCUT2D eigenvalue weighted by Crippen LogP contribution is -2.39. The standard InChI is InChI=1S/C39H44N4O4SSi/c1-7-28-21-31(30-11-9-8-10-12-30)24-39(3,23-28)48(45,46)43-18-17-32-33(15-13-27(2)36(32)43)37(44)38-41-34-22-29(25-40)14-16-35(34)42(38)26-47-19-20-49(4,5)6/h8-18,21-23,37,44H,7,19-20,24,26H2,1-6H3. The van der Waals surface area contributed by atoms with Crippen molar-refractivity contribution in [2.24, 2.45) is 0 Å². The predicted octanol–water partition coefficient (Wildman–Crippen LogP) is 8.33. The summed E-state index contributed by atoms with van der Waals surface area (Å²) in [6.45, 7) is 13.4. The highest BCUT2D eigenvalue weighted by Gasteiger charge is 2.42. The van der Waals surface area contributed by atoms with E-state index in [9.17, 15) is 18.8 Å². The van der Waals surface area contributed by atoms with Gasteiger partial charge >= 0.3 is 0 Å². The molecule has 1 N–H and O–H groups in total. The zero-order chi connectivity index (χ0) is 35.1. The number of ether oxygens (including phenoxy) is 1. The summed E-state index contributed by atoms with van der Waals surface area (Å²) in [6.07, 6.45) is 5.47. The average Bonchev–Trinajstić information content (AvgIpc) is 3.69. The third-order valence-corrected chi connectivity index (χ3v) is 13.5. The van der Waals surface area contributed by atoms with Gasteiger partial charge < -0.3 is 14.4 Å². The SMILES string of the molecule is CCC1=CC(C)(S(=O)(=O)n2ccc3c(C(O)c4nc5cc(C#N)ccc5n4COCC[Si](C)(C)C)ccc(C)c32)CC(c2ccccc2)=C1. The zero-order valence-corrected chi connectivity index (χ0v) is 30.9. The number of aromatic nitrogens is 3. The first-order chi connectivity index (χ1) is 23.3. The Morgan fingerprint density at radius 1 is 1.10 bits per heavy atom. The largest absolute Gasteiger partial charge is 0.380 e. The van der Waals surface area contributed by atoms with Gasteiger partial charge in [0.1, 0.15) is 23.4 Å². The van der Waals surface area contributed by atoms with Gasteiger partial charge in [0.15, 0.2) is 0 Å². The number of allylic oxidation sites excluding steroid dienone is 3. The van der Waals surface area contributed by atoms with Crippen molar-refractivity contribution in [3.8, 4) is 6.07 Å². The number of nitrogens with zero attached hydrogens (tertiary/aromatic N) is 4. The molecule has 0 spiro atoms. The molecule has 10 heteroatoms. The number of hydrogen-bond acceptors (Lipinski definition) is 6. The lowest BCUT2D eigenvalue weighted by molar-refractivity contribution is 0.0816. The second kappa shape index (κ2) is 13.2. The molecule has 0 saturated carbocycles. The van der Waals surface area contributed by atoms with Crippen molar-refractivity contribution < 1.29 is 18.3 Å². The van der Waals surface area contributed by atoms with Gasteiger partial charge in [-0.3, -0.25) is 0 Å². The van der Waals surface area contributed by atoms with Gasteiger partial charge in [-0.25, -0.2) is 17.4 Å². The first-order valence-corrected chi connectivity index (χ1v) is 21.9. The minimum atomic E-state index is -3.97. The minimum absolute atomic E-state index is 0.186. The van der Waals surface area contributed by atoms with Gasteiger partial charge in [-0.2, -0.15) is 5.26 Å². The van der Waals surface area contributed by atoms with E-state index in [1.165, 1.54) is 3.97 Å². The average molecular weight is 693 g/mol. The molecule has 1 aliphatic rings. The first kappa shape index (κ1) is 34.6. The monoisotopic (exact) mass is 692 g/mol. The van der Waals surface area contributed by atoms with Gasteiger partial charge in [-0.1, -0.05) is 86.8 Å². The van der Waals surface area contributed by atoms with Crippen LogP contribution in [0.4, 0.5) is 0 Å². The van der Waals surface area contributed by atoms with Crippen LogP contribution in [-0.2, 0) is 21.5 Å². The van der Waals surface area contributed by atoms with Crippen molar-refractivity contribution in [1.82, 2.24) is 13.5 Å². The molecule has 2 aromatic heterocycles. The number of nitriles is 1. The van der Waals surface area contributed by atoms with E-state index in [0.717, 1.165) is 33.8 Å². The molecular formula is C39H44N4O4SSi. The summed E-state index contributed by atoms with van der Waals surface area (Å²) in [6, 6.07) is 23.8. The molecule has 0 amide bonds. The molecule has 2 heterocycles. The highest BCUT2D eigenvalue weighted by Crippen LogP contribution is 2.41. The number of fused-ring (bicyclic) bond motifs is 2. The van der Waals surface area contributed by atoms with Gasteiger partial charge in [0, 0.05) is 26.3 Å². The Labute approximate surface area is 290 Å². The summed E-state index contributed by atoms with van der Waals surface area (Å²) < 4.78 is 37.7. The van der Waals surface area contributed by atoms with Crippen LogP contribution in [0, 0.1) is 18.3 Å². The van der Waals surface area contributed by atoms with Gasteiger partial charge in [0.25, 0.3) is 0 Å². The van der Waals surface area contributed by atoms with E-state index in [-0.39, 0.29) is 6.73 Å². The summed E-state index contributed by atoms with van der Waals surface area (Å²) >= 11 is 0. The van der Waals surface area contributed by atoms with E-state index >= 15 is 0 Å². The fourth-order valence-corrected chi connectivity index (χ4v) is 9.21. The Kier molecular flexibility index (Phi) is 9.33. The lowest BCUT2D eigenvalue weighted by atomic mass is 9.86. The van der Waals surface area contributed by atoms with E-state index in [1.807, 2.05) is 73.0 Å². The number of rotatable bonds is 11. The molecule has 8 nitrogen and oxygen atoms in total. The smallest absolute Gasteiger partial charge is 0.248 e. The summed E-state index contributed by atoms with van der Waals surface area (Å²) in [5.74, 6) is 0.367. The minimum Gasteiger partial charge on any atom is -0.380 e. The fourth-order valence-electron chi connectivity index (χ4n) is 6.66. The summed E-state index contributed by atoms with van der Waals surface area (Å²) in [5, 5.41) is 22.2. The molecule has 2 unspecified atom stereocenters. The Bertz CT molecular complexity index is 2260. The summed E-state index contributed by atoms with van der Waals surface area (Å²) in [4.78, 5) is 4.80. The number of aryl methyl sites for hydroxylation is 1. The lowest BCUT2D eigenvalue weighted by Gasteiger charge is -2.32. The Morgan fingerprint density at radius 2 is 1.86 bits per heavy atom. The number of hydrogen-bond donors (Lipinski definition) is 1. The molecule has 49 heavy (non-hydrogen) atoms. The second-order valence-electron chi connectivity index (χ2n) is 14.4. The van der Waals surface area contributed by atoms with Crippen molar-refractivity contribution in [2.45, 2.75) is 76.9 Å². The summed E-state index contributed by atoms with van der Waals surface area (Å²) in [5.41, 5.74) is 6.62. The maximum absolute atomic E-state index is 14.7. The molecule has 2 atom stereocenters. The van der Waals surface area contributed by atoms with E-state index in [1.54, 1.807) is 31.3 Å². The van der Waals surface area contributed by atoms with Gasteiger partial charge in [-0.05, 0) is 79.3 Å². The first-order valence-electron chi connectivity index (χ1n) is 16.8. The van der Waals surface area contributed by atoms with Crippen molar-refractivity contribution in [3.05, 3.63) is 119 Å². The maximum Gasteiger partial charge on any atom is 0.248 e. The molecular weight excluding hydrogens is 649 g/mol. The molecule has 0 aliphatic heterocycles. The van der Waals surface area contributed by atoms with Crippen molar-refractivity contribution in [3.63, 3.8) is 0 Å². The van der Waals surface area contributed by atoms with Crippen LogP contribution < -0.4 is 0 Å². The number of benzene rings is 3. The van der Waals surface area contributed by atoms with Crippen LogP contribution in [-0.4, -0.2) is 46.5 Å². The third kappa shape index (κ3) is 6.56. The molecule has 254 valence electrons. The van der Waals surface area contributed by atoms with Crippen LogP contribution in [0.2, 0.25) is 25.7 Å². The number of aliphatic hydroxyl groups is 1. The molecule has 0 saturated heterocycles. The molecule has 6 rings (SSSR count). The third-order valence-electron chi connectivity index (χ3n) is 9.51. The zero-order valence-electron chi connectivity index (χ0n) is 29.1. The molecule has 5 aromatic rings. The topological polar surface area (TPSA) is 110 Å². The van der Waals surface area contributed by atoms with Crippen molar-refractivity contribution in [2.75, 3.05) is 6.61 Å². The second-order valence-corrected chi connectivity index (χ2v) is 22.3. The number of imidazole rings is 1. The fraction of sp³-hybridized carbons (Fsp3) is 0.333. The molecule has 0 fully saturated rings. The van der Waals surface area contributed by atoms with E-state index in [0.29, 0.717) is 52.8 Å². The van der Waals surface area contributed by atoms with Crippen LogP contribution >= 0.6 is 0 Å². The van der Waals surface area contributed by atoms with Crippen molar-refractivity contribution in [1.29, 1.82) is 5.26 Å². The van der Waals surface area contributed by atoms with Crippen molar-refractivity contribution >= 4 is 45.6 Å². The Morgan fingerprint density at radius 3 is 2.55 bits per heavy atom. The molecule has 0 radical (unpaired) electrons. The van der Waals surface area contributed by atoms with Crippen LogP contribution in [0.1, 0.15) is 60.9 Å². The van der Waals surface area contributed by atoms with Crippen LogP contribution in [0.25, 0.3) is 27.5 Å². The Hall–Kier alpha value is -4.27. The predicted molar refractivity (Wildman–Crippen MR) is 199 cm³/mol. The normalized spacial score (nSPS) is 17.6. The molecule has 0 bridgehead atoms. The van der Waals surface area contributed by atoms with Crippen LogP contribution in [0.5, 0.6) is 0 Å². The maximum atomic E-state index is 14.7. The van der Waals surface area contributed by atoms with E-state index in [2.05, 4.69) is 31.8 Å². The van der Waals surface area contributed by atoms with Crippen LogP contribution in [0.15, 0.2) is 90.7 Å². The highest BCUT2D eigenvalue weighted by atomic mass is 32.2. The Balaban J connectivity index is 1.42. The van der Waals surface area contributed by atoms with Gasteiger partial charge in [-0.15, -0.1) is 0 Å². The molecule has 3 aromatic carbocycles. The quantitative estimate of drug-likeness (QED) is 0.110. The summed E-state index contributed by atoms with van der Waals surface area (Å²) in [7, 11) is -5.29. The molecule has 1 aliphatic carbocycles.